The van der Waals surface area contributed by atoms with Gasteiger partial charge in [-0.15, -0.1) is 0 Å². The zero-order valence-corrected chi connectivity index (χ0v) is 10.9. The first-order valence-electron chi connectivity index (χ1n) is 6.26. The summed E-state index contributed by atoms with van der Waals surface area (Å²) in [6.45, 7) is 1.92. The number of carbonyl (C=O) groups is 1. The molecule has 0 aliphatic carbocycles. The third-order valence-electron chi connectivity index (χ3n) is 2.90. The molecular weight excluding hydrogens is 263 g/mol. The topological polar surface area (TPSA) is 82.2 Å². The fourth-order valence-corrected chi connectivity index (χ4v) is 1.91. The standard InChI is InChI=1S/C14H15FN2O3/c1-8(18)4-5-16-14(20)11-7-13(19)17-12-6-9(15)2-3-10(11)12/h2-3,6-8,18H,4-5H2,1H3,(H,16,20)(H,17,19). The number of H-pyrrole nitrogens is 1. The first kappa shape index (κ1) is 14.2. The lowest BCUT2D eigenvalue weighted by molar-refractivity contribution is 0.0947. The van der Waals surface area contributed by atoms with Gasteiger partial charge in [-0.2, -0.15) is 0 Å². The molecule has 0 aliphatic rings. The average Bonchev–Trinajstić information content (AvgIpc) is 2.36. The van der Waals surface area contributed by atoms with Gasteiger partial charge in [-0.05, 0) is 31.5 Å². The second-order valence-electron chi connectivity index (χ2n) is 4.63. The number of rotatable bonds is 4. The molecule has 1 atom stereocenters. The smallest absolute Gasteiger partial charge is 0.252 e. The van der Waals surface area contributed by atoms with Gasteiger partial charge in [-0.25, -0.2) is 4.39 Å². The lowest BCUT2D eigenvalue weighted by Gasteiger charge is -2.09. The maximum Gasteiger partial charge on any atom is 0.252 e. The van der Waals surface area contributed by atoms with Crippen LogP contribution in [-0.2, 0) is 0 Å². The Balaban J connectivity index is 2.33. The predicted molar refractivity (Wildman–Crippen MR) is 73.2 cm³/mol. The maximum absolute atomic E-state index is 13.1. The Morgan fingerprint density at radius 1 is 1.45 bits per heavy atom. The Bertz CT molecular complexity index is 694. The number of hydrogen-bond donors (Lipinski definition) is 3. The molecule has 1 aromatic heterocycles. The molecule has 0 saturated carbocycles. The molecule has 106 valence electrons. The van der Waals surface area contributed by atoms with Crippen molar-refractivity contribution in [1.29, 1.82) is 0 Å². The van der Waals surface area contributed by atoms with Crippen LogP contribution in [0, 0.1) is 5.82 Å². The van der Waals surface area contributed by atoms with E-state index < -0.39 is 23.4 Å². The van der Waals surface area contributed by atoms with Gasteiger partial charge in [0.2, 0.25) is 5.56 Å². The summed E-state index contributed by atoms with van der Waals surface area (Å²) in [5.74, 6) is -0.909. The molecule has 2 aromatic rings. The molecule has 1 unspecified atom stereocenters. The number of halogens is 1. The van der Waals surface area contributed by atoms with Crippen molar-refractivity contribution in [3.63, 3.8) is 0 Å². The van der Waals surface area contributed by atoms with Gasteiger partial charge in [0, 0.05) is 18.0 Å². The molecule has 0 bridgehead atoms. The summed E-state index contributed by atoms with van der Waals surface area (Å²) in [5.41, 5.74) is -0.00343. The maximum atomic E-state index is 13.1. The van der Waals surface area contributed by atoms with E-state index in [9.17, 15) is 14.0 Å². The Hall–Kier alpha value is -2.21. The molecule has 0 fully saturated rings. The monoisotopic (exact) mass is 278 g/mol. The molecule has 5 nitrogen and oxygen atoms in total. The van der Waals surface area contributed by atoms with Crippen molar-refractivity contribution >= 4 is 16.8 Å². The highest BCUT2D eigenvalue weighted by atomic mass is 19.1. The molecule has 20 heavy (non-hydrogen) atoms. The number of pyridine rings is 1. The number of fused-ring (bicyclic) bond motifs is 1. The van der Waals surface area contributed by atoms with Crippen molar-refractivity contribution in [3.05, 3.63) is 46.0 Å². The molecule has 6 heteroatoms. The minimum Gasteiger partial charge on any atom is -0.393 e. The molecule has 3 N–H and O–H groups in total. The highest BCUT2D eigenvalue weighted by molar-refractivity contribution is 6.05. The fraction of sp³-hybridized carbons (Fsp3) is 0.286. The van der Waals surface area contributed by atoms with E-state index in [1.54, 1.807) is 6.92 Å². The van der Waals surface area contributed by atoms with Gasteiger partial charge in [-0.3, -0.25) is 9.59 Å². The zero-order valence-electron chi connectivity index (χ0n) is 10.9. The van der Waals surface area contributed by atoms with Crippen LogP contribution in [-0.4, -0.2) is 28.6 Å². The third kappa shape index (κ3) is 3.21. The molecule has 1 aromatic carbocycles. The van der Waals surface area contributed by atoms with Crippen molar-refractivity contribution in [3.8, 4) is 0 Å². The summed E-state index contributed by atoms with van der Waals surface area (Å²) in [6, 6.07) is 5.03. The Morgan fingerprint density at radius 3 is 2.90 bits per heavy atom. The van der Waals surface area contributed by atoms with Gasteiger partial charge in [0.15, 0.2) is 0 Å². The first-order chi connectivity index (χ1) is 9.47. The van der Waals surface area contributed by atoms with E-state index in [0.717, 1.165) is 0 Å². The summed E-state index contributed by atoms with van der Waals surface area (Å²) >= 11 is 0. The molecule has 0 spiro atoms. The van der Waals surface area contributed by atoms with Crippen LogP contribution in [0.15, 0.2) is 29.1 Å². The summed E-state index contributed by atoms with van der Waals surface area (Å²) in [4.78, 5) is 26.0. The zero-order chi connectivity index (χ0) is 14.7. The normalized spacial score (nSPS) is 12.3. The Morgan fingerprint density at radius 2 is 2.20 bits per heavy atom. The van der Waals surface area contributed by atoms with Crippen molar-refractivity contribution in [2.45, 2.75) is 19.4 Å². The number of hydrogen-bond acceptors (Lipinski definition) is 3. The highest BCUT2D eigenvalue weighted by Gasteiger charge is 2.12. The van der Waals surface area contributed by atoms with E-state index in [1.165, 1.54) is 24.3 Å². The lowest BCUT2D eigenvalue weighted by atomic mass is 10.1. The summed E-state index contributed by atoms with van der Waals surface area (Å²) in [7, 11) is 0. The number of aliphatic hydroxyl groups is 1. The molecule has 0 radical (unpaired) electrons. The minimum atomic E-state index is -0.514. The number of carbonyl (C=O) groups excluding carboxylic acids is 1. The number of aliphatic hydroxyl groups excluding tert-OH is 1. The van der Waals surface area contributed by atoms with Crippen LogP contribution in [0.4, 0.5) is 4.39 Å². The van der Waals surface area contributed by atoms with Crippen LogP contribution in [0.25, 0.3) is 10.9 Å². The van der Waals surface area contributed by atoms with E-state index in [4.69, 9.17) is 5.11 Å². The molecule has 0 saturated heterocycles. The van der Waals surface area contributed by atoms with E-state index in [2.05, 4.69) is 10.3 Å². The highest BCUT2D eigenvalue weighted by Crippen LogP contribution is 2.16. The average molecular weight is 278 g/mol. The number of benzene rings is 1. The van der Waals surface area contributed by atoms with E-state index in [-0.39, 0.29) is 11.1 Å². The molecular formula is C14H15FN2O3. The Labute approximate surface area is 114 Å². The lowest BCUT2D eigenvalue weighted by Crippen LogP contribution is -2.27. The van der Waals surface area contributed by atoms with Crippen LogP contribution in [0.3, 0.4) is 0 Å². The fourth-order valence-electron chi connectivity index (χ4n) is 1.91. The van der Waals surface area contributed by atoms with Gasteiger partial charge < -0.3 is 15.4 Å². The van der Waals surface area contributed by atoms with Crippen molar-refractivity contribution in [1.82, 2.24) is 10.3 Å². The number of aromatic nitrogens is 1. The van der Waals surface area contributed by atoms with Crippen LogP contribution in [0.5, 0.6) is 0 Å². The van der Waals surface area contributed by atoms with Crippen LogP contribution in [0.2, 0.25) is 0 Å². The van der Waals surface area contributed by atoms with E-state index >= 15 is 0 Å². The summed E-state index contributed by atoms with van der Waals surface area (Å²) < 4.78 is 13.1. The molecule has 1 heterocycles. The summed E-state index contributed by atoms with van der Waals surface area (Å²) in [6.07, 6.45) is -0.0954. The van der Waals surface area contributed by atoms with Gasteiger partial charge in [-0.1, -0.05) is 0 Å². The number of nitrogens with one attached hydrogen (secondary N) is 2. The van der Waals surface area contributed by atoms with Gasteiger partial charge in [0.05, 0.1) is 17.2 Å². The third-order valence-corrected chi connectivity index (χ3v) is 2.90. The molecule has 1 amide bonds. The quantitative estimate of drug-likeness (QED) is 0.785. The minimum absolute atomic E-state index is 0.189. The van der Waals surface area contributed by atoms with Gasteiger partial charge in [0.25, 0.3) is 5.91 Å². The van der Waals surface area contributed by atoms with Crippen molar-refractivity contribution < 1.29 is 14.3 Å². The first-order valence-corrected chi connectivity index (χ1v) is 6.26. The largest absolute Gasteiger partial charge is 0.393 e. The summed E-state index contributed by atoms with van der Waals surface area (Å²) in [5, 5.41) is 12.2. The van der Waals surface area contributed by atoms with Crippen molar-refractivity contribution in [2.24, 2.45) is 0 Å². The predicted octanol–water partition coefficient (Wildman–Crippen LogP) is 1.17. The van der Waals surface area contributed by atoms with Gasteiger partial charge in [0.1, 0.15) is 5.82 Å². The second-order valence-corrected chi connectivity index (χ2v) is 4.63. The van der Waals surface area contributed by atoms with Gasteiger partial charge >= 0.3 is 0 Å². The molecule has 2 rings (SSSR count). The SMILES string of the molecule is CC(O)CCNC(=O)c1cc(=O)[nH]c2cc(F)ccc12. The molecule has 0 aliphatic heterocycles. The number of amides is 1. The van der Waals surface area contributed by atoms with Crippen molar-refractivity contribution in [2.75, 3.05) is 6.54 Å². The van der Waals surface area contributed by atoms with E-state index in [1.807, 2.05) is 0 Å². The second kappa shape index (κ2) is 5.83. The van der Waals surface area contributed by atoms with E-state index in [0.29, 0.717) is 18.4 Å². The van der Waals surface area contributed by atoms with Crippen LogP contribution >= 0.6 is 0 Å². The number of aromatic amines is 1. The van der Waals surface area contributed by atoms with Crippen LogP contribution in [0.1, 0.15) is 23.7 Å². The Kier molecular flexibility index (Phi) is 4.14. The van der Waals surface area contributed by atoms with Crippen LogP contribution < -0.4 is 10.9 Å².